The Morgan fingerprint density at radius 2 is 1.85 bits per heavy atom. The number of nitrogens with zero attached hydrogens (tertiary/aromatic N) is 2. The minimum atomic E-state index is 0.519. The fourth-order valence-electron chi connectivity index (χ4n) is 3.79. The summed E-state index contributed by atoms with van der Waals surface area (Å²) in [7, 11) is 0. The third kappa shape index (κ3) is 2.89. The first kappa shape index (κ1) is 14.8. The first-order valence-corrected chi connectivity index (χ1v) is 9.09. The van der Waals surface area contributed by atoms with E-state index in [1.54, 1.807) is 0 Å². The summed E-state index contributed by atoms with van der Waals surface area (Å²) in [4.78, 5) is 9.49. The Morgan fingerprint density at radius 1 is 1.10 bits per heavy atom. The van der Waals surface area contributed by atoms with Gasteiger partial charge in [0.2, 0.25) is 0 Å². The summed E-state index contributed by atoms with van der Waals surface area (Å²) >= 11 is 9.95. The highest BCUT2D eigenvalue weighted by molar-refractivity contribution is 9.10. The van der Waals surface area contributed by atoms with Crippen molar-refractivity contribution in [3.05, 3.63) is 21.1 Å². The van der Waals surface area contributed by atoms with E-state index in [0.717, 1.165) is 21.9 Å². The lowest BCUT2D eigenvalue weighted by molar-refractivity contribution is 0.515. The van der Waals surface area contributed by atoms with Gasteiger partial charge in [0.1, 0.15) is 11.0 Å². The normalized spacial score (nSPS) is 27.4. The fourth-order valence-corrected chi connectivity index (χ4v) is 4.47. The Kier molecular flexibility index (Phi) is 4.66. The molecule has 2 nitrogen and oxygen atoms in total. The molecule has 0 spiro atoms. The minimum Gasteiger partial charge on any atom is -0.236 e. The molecule has 3 rings (SSSR count). The fraction of sp³-hybridized carbons (Fsp3) is 0.750. The lowest BCUT2D eigenvalue weighted by Crippen LogP contribution is -2.08. The molecule has 0 N–H and O–H groups in total. The van der Waals surface area contributed by atoms with Crippen molar-refractivity contribution in [2.75, 3.05) is 0 Å². The molecule has 1 aromatic heterocycles. The highest BCUT2D eigenvalue weighted by atomic mass is 79.9. The molecule has 0 amide bonds. The average molecular weight is 358 g/mol. The lowest BCUT2D eigenvalue weighted by Gasteiger charge is -2.16. The molecule has 2 fully saturated rings. The molecule has 2 atom stereocenters. The predicted molar refractivity (Wildman–Crippen MR) is 86.3 cm³/mol. The third-order valence-electron chi connectivity index (χ3n) is 5.08. The molecule has 1 heterocycles. The summed E-state index contributed by atoms with van der Waals surface area (Å²) < 4.78 is 0.930. The van der Waals surface area contributed by atoms with E-state index in [1.165, 1.54) is 51.4 Å². The van der Waals surface area contributed by atoms with Gasteiger partial charge in [-0.15, -0.1) is 0 Å². The van der Waals surface area contributed by atoms with Gasteiger partial charge in [0, 0.05) is 11.8 Å². The van der Waals surface area contributed by atoms with Crippen LogP contribution >= 0.6 is 27.5 Å². The summed E-state index contributed by atoms with van der Waals surface area (Å²) in [6, 6.07) is 0. The van der Waals surface area contributed by atoms with E-state index in [-0.39, 0.29) is 0 Å². The average Bonchev–Trinajstić information content (AvgIpc) is 3.11. The Labute approximate surface area is 134 Å². The van der Waals surface area contributed by atoms with E-state index in [9.17, 15) is 0 Å². The summed E-state index contributed by atoms with van der Waals surface area (Å²) in [5.74, 6) is 2.94. The summed E-state index contributed by atoms with van der Waals surface area (Å²) in [6.07, 6.45) is 10.2. The zero-order valence-electron chi connectivity index (χ0n) is 12.0. The summed E-state index contributed by atoms with van der Waals surface area (Å²) in [5, 5.41) is 0.608. The molecule has 2 unspecified atom stereocenters. The van der Waals surface area contributed by atoms with Crippen molar-refractivity contribution in [2.24, 2.45) is 5.92 Å². The number of rotatable bonds is 3. The molecule has 0 bridgehead atoms. The van der Waals surface area contributed by atoms with Crippen LogP contribution in [0.15, 0.2) is 4.47 Å². The standard InChI is InChI=1S/C16H22BrClN2/c1-2-10-7-8-12(9-10)16-19-14(11-5-3-4-6-11)13(17)15(18)20-16/h10-12H,2-9H2,1H3. The van der Waals surface area contributed by atoms with Gasteiger partial charge in [0.05, 0.1) is 10.2 Å². The molecular formula is C16H22BrClN2. The van der Waals surface area contributed by atoms with E-state index in [1.807, 2.05) is 0 Å². The van der Waals surface area contributed by atoms with Crippen LogP contribution in [0.5, 0.6) is 0 Å². The molecule has 2 aliphatic carbocycles. The lowest BCUT2D eigenvalue weighted by atomic mass is 10.0. The zero-order valence-corrected chi connectivity index (χ0v) is 14.4. The second-order valence-corrected chi connectivity index (χ2v) is 7.49. The first-order valence-electron chi connectivity index (χ1n) is 7.91. The molecule has 0 radical (unpaired) electrons. The smallest absolute Gasteiger partial charge is 0.147 e. The van der Waals surface area contributed by atoms with Crippen LogP contribution in [0.4, 0.5) is 0 Å². The molecule has 1 aromatic rings. The van der Waals surface area contributed by atoms with Crippen LogP contribution in [0.2, 0.25) is 5.15 Å². The number of halogens is 2. The van der Waals surface area contributed by atoms with Gasteiger partial charge in [-0.1, -0.05) is 37.8 Å². The van der Waals surface area contributed by atoms with Gasteiger partial charge in [-0.3, -0.25) is 0 Å². The van der Waals surface area contributed by atoms with E-state index >= 15 is 0 Å². The van der Waals surface area contributed by atoms with Crippen molar-refractivity contribution in [3.63, 3.8) is 0 Å². The number of aromatic nitrogens is 2. The molecule has 0 aliphatic heterocycles. The summed E-state index contributed by atoms with van der Waals surface area (Å²) in [5.41, 5.74) is 1.16. The molecule has 0 saturated heterocycles. The first-order chi connectivity index (χ1) is 9.69. The quantitative estimate of drug-likeness (QED) is 0.635. The molecule has 110 valence electrons. The van der Waals surface area contributed by atoms with Crippen LogP contribution in [0.3, 0.4) is 0 Å². The van der Waals surface area contributed by atoms with E-state index in [0.29, 0.717) is 17.0 Å². The van der Waals surface area contributed by atoms with Crippen LogP contribution in [0, 0.1) is 5.92 Å². The summed E-state index contributed by atoms with van der Waals surface area (Å²) in [6.45, 7) is 2.28. The maximum absolute atomic E-state index is 6.35. The van der Waals surface area contributed by atoms with Gasteiger partial charge in [0.15, 0.2) is 0 Å². The topological polar surface area (TPSA) is 25.8 Å². The van der Waals surface area contributed by atoms with E-state index in [2.05, 4.69) is 27.8 Å². The van der Waals surface area contributed by atoms with Crippen LogP contribution in [0.25, 0.3) is 0 Å². The molecule has 20 heavy (non-hydrogen) atoms. The number of hydrogen-bond acceptors (Lipinski definition) is 2. The SMILES string of the molecule is CCC1CCC(c2nc(Cl)c(Br)c(C3CCCC3)n2)C1. The van der Waals surface area contributed by atoms with Gasteiger partial charge >= 0.3 is 0 Å². The second-order valence-electron chi connectivity index (χ2n) is 6.34. The third-order valence-corrected chi connectivity index (χ3v) is 6.36. The maximum Gasteiger partial charge on any atom is 0.147 e. The van der Waals surface area contributed by atoms with Crippen LogP contribution in [-0.2, 0) is 0 Å². The largest absolute Gasteiger partial charge is 0.236 e. The minimum absolute atomic E-state index is 0.519. The van der Waals surface area contributed by atoms with Crippen molar-refractivity contribution in [2.45, 2.75) is 70.1 Å². The number of hydrogen-bond donors (Lipinski definition) is 0. The predicted octanol–water partition coefficient (Wildman–Crippen LogP) is 5.84. The second kappa shape index (κ2) is 6.31. The Balaban J connectivity index is 1.88. The molecule has 0 aromatic carbocycles. The van der Waals surface area contributed by atoms with Crippen molar-refractivity contribution >= 4 is 27.5 Å². The molecule has 2 aliphatic rings. The van der Waals surface area contributed by atoms with Crippen molar-refractivity contribution in [1.82, 2.24) is 9.97 Å². The van der Waals surface area contributed by atoms with E-state index in [4.69, 9.17) is 16.6 Å². The van der Waals surface area contributed by atoms with Crippen LogP contribution < -0.4 is 0 Å². The van der Waals surface area contributed by atoms with Gasteiger partial charge in [-0.05, 0) is 54.0 Å². The molecular weight excluding hydrogens is 336 g/mol. The van der Waals surface area contributed by atoms with Crippen LogP contribution in [0.1, 0.15) is 81.6 Å². The Hall–Kier alpha value is -0.150. The zero-order chi connectivity index (χ0) is 14.1. The molecule has 4 heteroatoms. The highest BCUT2D eigenvalue weighted by Crippen LogP contribution is 2.42. The van der Waals surface area contributed by atoms with Gasteiger partial charge in [-0.2, -0.15) is 0 Å². The van der Waals surface area contributed by atoms with Gasteiger partial charge < -0.3 is 0 Å². The Morgan fingerprint density at radius 3 is 2.50 bits per heavy atom. The Bertz CT molecular complexity index is 486. The van der Waals surface area contributed by atoms with Crippen molar-refractivity contribution in [3.8, 4) is 0 Å². The van der Waals surface area contributed by atoms with Crippen molar-refractivity contribution < 1.29 is 0 Å². The monoisotopic (exact) mass is 356 g/mol. The highest BCUT2D eigenvalue weighted by Gasteiger charge is 2.29. The van der Waals surface area contributed by atoms with Crippen LogP contribution in [-0.4, -0.2) is 9.97 Å². The van der Waals surface area contributed by atoms with Gasteiger partial charge in [0.25, 0.3) is 0 Å². The van der Waals surface area contributed by atoms with Crippen molar-refractivity contribution in [1.29, 1.82) is 0 Å². The maximum atomic E-state index is 6.35. The van der Waals surface area contributed by atoms with E-state index < -0.39 is 0 Å². The molecule has 2 saturated carbocycles. The van der Waals surface area contributed by atoms with Gasteiger partial charge in [-0.25, -0.2) is 9.97 Å².